The maximum atomic E-state index is 11.1. The summed E-state index contributed by atoms with van der Waals surface area (Å²) < 4.78 is 14.4. The summed E-state index contributed by atoms with van der Waals surface area (Å²) in [6.07, 6.45) is 0. The maximum absolute atomic E-state index is 11.1. The van der Waals surface area contributed by atoms with Crippen LogP contribution in [0.25, 0.3) is 0 Å². The summed E-state index contributed by atoms with van der Waals surface area (Å²) in [7, 11) is -2.87. The molecule has 0 spiro atoms. The number of halogens is 1. The third-order valence-corrected chi connectivity index (χ3v) is 2.98. The molecule has 0 aliphatic heterocycles. The summed E-state index contributed by atoms with van der Waals surface area (Å²) in [6.45, 7) is 5.80. The van der Waals surface area contributed by atoms with Crippen molar-refractivity contribution in [1.82, 2.24) is 0 Å². The zero-order valence-electron chi connectivity index (χ0n) is 14.3. The predicted molar refractivity (Wildman–Crippen MR) is 100 cm³/mol. The standard InChI is InChI=1S/C16H17ClN2O3.HO3P/c1-16(2,3)18-14-10-13(8-9-15(14)19(20)21)22-12-6-4-11(17)5-7-12;1-4(2)3/h4-10,18H,1-3H3;(H-,1,2,3)/p+1. The molecular weight excluding hydrogens is 383 g/mol. The Labute approximate surface area is 156 Å². The number of ether oxygens (including phenoxy) is 1. The first kappa shape index (κ1) is 21.8. The molecule has 140 valence electrons. The van der Waals surface area contributed by atoms with E-state index in [0.717, 1.165) is 0 Å². The second kappa shape index (κ2) is 9.45. The van der Waals surface area contributed by atoms with Gasteiger partial charge in [-0.3, -0.25) is 10.1 Å². The smallest absolute Gasteiger partial charge is 0.457 e. The van der Waals surface area contributed by atoms with Gasteiger partial charge in [0.2, 0.25) is 0 Å². The molecule has 0 saturated carbocycles. The van der Waals surface area contributed by atoms with E-state index in [-0.39, 0.29) is 11.2 Å². The lowest BCUT2D eigenvalue weighted by atomic mass is 10.1. The van der Waals surface area contributed by atoms with Crippen LogP contribution in [0.15, 0.2) is 42.5 Å². The lowest BCUT2D eigenvalue weighted by Gasteiger charge is -2.22. The van der Waals surface area contributed by atoms with Gasteiger partial charge in [0.15, 0.2) is 0 Å². The average molecular weight is 402 g/mol. The Morgan fingerprint density at radius 1 is 1.12 bits per heavy atom. The van der Waals surface area contributed by atoms with Crippen LogP contribution in [-0.4, -0.2) is 20.2 Å². The number of benzene rings is 2. The summed E-state index contributed by atoms with van der Waals surface area (Å²) in [5, 5.41) is 14.9. The first-order valence-electron chi connectivity index (χ1n) is 7.33. The van der Waals surface area contributed by atoms with E-state index < -0.39 is 13.2 Å². The normalized spacial score (nSPS) is 10.4. The van der Waals surface area contributed by atoms with E-state index in [2.05, 4.69) is 5.32 Å². The largest absolute Gasteiger partial charge is 0.692 e. The first-order valence-corrected chi connectivity index (χ1v) is 8.87. The minimum absolute atomic E-state index is 0.0124. The van der Waals surface area contributed by atoms with Crippen molar-refractivity contribution >= 4 is 31.2 Å². The van der Waals surface area contributed by atoms with Crippen molar-refractivity contribution in [2.75, 3.05) is 5.32 Å². The van der Waals surface area contributed by atoms with Gasteiger partial charge in [-0.2, -0.15) is 0 Å². The highest BCUT2D eigenvalue weighted by atomic mass is 35.5. The number of hydrogen-bond donors (Lipinski definition) is 3. The fraction of sp³-hybridized carbons (Fsp3) is 0.250. The molecule has 0 radical (unpaired) electrons. The molecule has 3 N–H and O–H groups in total. The van der Waals surface area contributed by atoms with Crippen molar-refractivity contribution in [2.24, 2.45) is 0 Å². The minimum atomic E-state index is -2.87. The number of anilines is 1. The van der Waals surface area contributed by atoms with Crippen LogP contribution in [0.2, 0.25) is 5.02 Å². The third kappa shape index (κ3) is 8.22. The Kier molecular flexibility index (Phi) is 7.92. The van der Waals surface area contributed by atoms with E-state index in [1.807, 2.05) is 20.8 Å². The zero-order valence-corrected chi connectivity index (χ0v) is 16.0. The van der Waals surface area contributed by atoms with Crippen LogP contribution >= 0.6 is 19.9 Å². The molecule has 0 aliphatic rings. The molecule has 0 unspecified atom stereocenters. The van der Waals surface area contributed by atoms with Gasteiger partial charge in [-0.1, -0.05) is 11.6 Å². The number of rotatable bonds is 4. The zero-order chi connectivity index (χ0) is 19.9. The Morgan fingerprint density at radius 3 is 2.08 bits per heavy atom. The summed E-state index contributed by atoms with van der Waals surface area (Å²) in [5.74, 6) is 1.12. The molecule has 2 rings (SSSR count). The van der Waals surface area contributed by atoms with Gasteiger partial charge in [0, 0.05) is 27.3 Å². The number of nitrogens with one attached hydrogen (secondary N) is 1. The van der Waals surface area contributed by atoms with Gasteiger partial charge in [0.1, 0.15) is 17.2 Å². The monoisotopic (exact) mass is 401 g/mol. The summed E-state index contributed by atoms with van der Waals surface area (Å²) in [5.41, 5.74) is 0.131. The van der Waals surface area contributed by atoms with Gasteiger partial charge in [-0.15, -0.1) is 9.79 Å². The average Bonchev–Trinajstić information content (AvgIpc) is 2.47. The number of nitro benzene ring substituents is 1. The van der Waals surface area contributed by atoms with E-state index in [4.69, 9.17) is 30.7 Å². The van der Waals surface area contributed by atoms with Crippen LogP contribution in [0.4, 0.5) is 11.4 Å². The van der Waals surface area contributed by atoms with Gasteiger partial charge < -0.3 is 10.1 Å². The van der Waals surface area contributed by atoms with E-state index >= 15 is 0 Å². The molecule has 0 atom stereocenters. The molecular formula is C16H19ClN2O6P+. The molecule has 0 amide bonds. The Bertz CT molecular complexity index is 773. The molecule has 2 aromatic carbocycles. The van der Waals surface area contributed by atoms with Gasteiger partial charge in [0.05, 0.1) is 4.92 Å². The highest BCUT2D eigenvalue weighted by Crippen LogP contribution is 2.33. The van der Waals surface area contributed by atoms with E-state index in [1.165, 1.54) is 6.07 Å². The summed E-state index contributed by atoms with van der Waals surface area (Å²) in [4.78, 5) is 24.9. The Morgan fingerprint density at radius 2 is 1.62 bits per heavy atom. The molecule has 10 heteroatoms. The van der Waals surface area contributed by atoms with Crippen molar-refractivity contribution in [3.63, 3.8) is 0 Å². The van der Waals surface area contributed by atoms with E-state index in [1.54, 1.807) is 36.4 Å². The minimum Gasteiger partial charge on any atom is -0.457 e. The molecule has 26 heavy (non-hydrogen) atoms. The van der Waals surface area contributed by atoms with Crippen LogP contribution in [0.5, 0.6) is 11.5 Å². The van der Waals surface area contributed by atoms with Gasteiger partial charge in [-0.05, 0) is 51.1 Å². The molecule has 0 aliphatic carbocycles. The van der Waals surface area contributed by atoms with Crippen molar-refractivity contribution < 1.29 is 24.0 Å². The molecule has 0 heterocycles. The maximum Gasteiger partial charge on any atom is 0.692 e. The quantitative estimate of drug-likeness (QED) is 0.379. The molecule has 0 bridgehead atoms. The lowest BCUT2D eigenvalue weighted by Crippen LogP contribution is -2.26. The number of nitrogens with zero attached hydrogens (tertiary/aromatic N) is 1. The molecule has 0 fully saturated rings. The number of hydrogen-bond acceptors (Lipinski definition) is 5. The second-order valence-corrected chi connectivity index (χ2v) is 7.06. The molecule has 8 nitrogen and oxygen atoms in total. The first-order chi connectivity index (χ1) is 12.0. The van der Waals surface area contributed by atoms with Crippen molar-refractivity contribution in [3.05, 3.63) is 57.6 Å². The SMILES string of the molecule is CC(C)(C)Nc1cc(Oc2ccc(Cl)cc2)ccc1[N+](=O)[O-].O=[P+](O)O. The van der Waals surface area contributed by atoms with Crippen LogP contribution in [0.1, 0.15) is 20.8 Å². The fourth-order valence-corrected chi connectivity index (χ4v) is 2.01. The van der Waals surface area contributed by atoms with Crippen molar-refractivity contribution in [1.29, 1.82) is 0 Å². The Hall–Kier alpha value is -2.25. The molecule has 0 aromatic heterocycles. The number of nitro groups is 1. The van der Waals surface area contributed by atoms with Crippen LogP contribution in [0, 0.1) is 10.1 Å². The van der Waals surface area contributed by atoms with Crippen molar-refractivity contribution in [2.45, 2.75) is 26.3 Å². The van der Waals surface area contributed by atoms with Gasteiger partial charge in [-0.25, -0.2) is 0 Å². The summed E-state index contributed by atoms with van der Waals surface area (Å²) >= 11 is 5.83. The summed E-state index contributed by atoms with van der Waals surface area (Å²) in [6, 6.07) is 11.5. The van der Waals surface area contributed by atoms with Gasteiger partial charge in [0.25, 0.3) is 5.69 Å². The Balaban J connectivity index is 0.000000765. The van der Waals surface area contributed by atoms with Crippen molar-refractivity contribution in [3.8, 4) is 11.5 Å². The second-order valence-electron chi connectivity index (χ2n) is 6.12. The van der Waals surface area contributed by atoms with E-state index in [9.17, 15) is 10.1 Å². The van der Waals surface area contributed by atoms with Crippen LogP contribution < -0.4 is 10.1 Å². The van der Waals surface area contributed by atoms with E-state index in [0.29, 0.717) is 22.2 Å². The van der Waals surface area contributed by atoms with Gasteiger partial charge >= 0.3 is 8.25 Å². The highest BCUT2D eigenvalue weighted by molar-refractivity contribution is 7.30. The lowest BCUT2D eigenvalue weighted by molar-refractivity contribution is -0.384. The molecule has 2 aromatic rings. The predicted octanol–water partition coefficient (Wildman–Crippen LogP) is 4.88. The van der Waals surface area contributed by atoms with Crippen LogP contribution in [0.3, 0.4) is 0 Å². The molecule has 0 saturated heterocycles. The highest BCUT2D eigenvalue weighted by Gasteiger charge is 2.19. The fourth-order valence-electron chi connectivity index (χ4n) is 1.88. The van der Waals surface area contributed by atoms with Crippen LogP contribution in [-0.2, 0) is 4.57 Å². The third-order valence-electron chi connectivity index (χ3n) is 2.72. The topological polar surface area (TPSA) is 122 Å².